The first-order chi connectivity index (χ1) is 18.8. The van der Waals surface area contributed by atoms with Crippen molar-refractivity contribution < 1.29 is 43.1 Å². The zero-order valence-corrected chi connectivity index (χ0v) is 23.1. The van der Waals surface area contributed by atoms with E-state index in [1.54, 1.807) is 45.6 Å². The van der Waals surface area contributed by atoms with Crippen LogP contribution in [0.4, 0.5) is 0 Å². The van der Waals surface area contributed by atoms with Crippen molar-refractivity contribution in [2.45, 2.75) is 54.3 Å². The standard InChI is InChI=1S/C29H35NO9/c1-30-12-11-27-14-22(38-26(32)16-7-9-18(33-2)20(13-16)35-4)25(36-5)29(37-6)28(27,30)15-21(39-29)17-8-10-19(34-3)24(31)23(17)27/h7-10,13,21-22,25,31H,11-12,14-15H2,1-6H3/t21-,22-,25-,27-,28-,29-/m0/s1. The molecule has 2 bridgehead atoms. The van der Waals surface area contributed by atoms with Crippen LogP contribution in [-0.4, -0.2) is 88.7 Å². The Bertz CT molecular complexity index is 1320. The van der Waals surface area contributed by atoms with E-state index in [9.17, 15) is 9.90 Å². The Labute approximate surface area is 227 Å². The number of fused-ring (bicyclic) bond motifs is 3. The molecule has 1 saturated carbocycles. The number of hydrogen-bond acceptors (Lipinski definition) is 10. The lowest BCUT2D eigenvalue weighted by atomic mass is 9.50. The number of esters is 1. The van der Waals surface area contributed by atoms with Gasteiger partial charge in [0.25, 0.3) is 0 Å². The highest BCUT2D eigenvalue weighted by Gasteiger charge is 2.83. The van der Waals surface area contributed by atoms with Crippen molar-refractivity contribution in [1.29, 1.82) is 0 Å². The van der Waals surface area contributed by atoms with Crippen LogP contribution < -0.4 is 14.2 Å². The Hall–Kier alpha value is -3.05. The van der Waals surface area contributed by atoms with Gasteiger partial charge >= 0.3 is 5.97 Å². The molecule has 210 valence electrons. The van der Waals surface area contributed by atoms with Crippen molar-refractivity contribution in [2.75, 3.05) is 49.1 Å². The summed E-state index contributed by atoms with van der Waals surface area (Å²) in [5, 5.41) is 11.6. The molecule has 6 rings (SSSR count). The van der Waals surface area contributed by atoms with Crippen LogP contribution in [0.1, 0.15) is 46.9 Å². The third-order valence-electron chi connectivity index (χ3n) is 9.61. The molecular weight excluding hydrogens is 506 g/mol. The highest BCUT2D eigenvalue weighted by Crippen LogP contribution is 2.73. The van der Waals surface area contributed by atoms with E-state index in [4.69, 9.17) is 33.2 Å². The van der Waals surface area contributed by atoms with Gasteiger partial charge in [-0.1, -0.05) is 6.07 Å². The average molecular weight is 542 g/mol. The maximum atomic E-state index is 13.6. The van der Waals surface area contributed by atoms with Gasteiger partial charge in [0.05, 0.1) is 38.5 Å². The topological polar surface area (TPSA) is 105 Å². The van der Waals surface area contributed by atoms with Crippen LogP contribution in [0, 0.1) is 0 Å². The van der Waals surface area contributed by atoms with Gasteiger partial charge in [0, 0.05) is 31.6 Å². The number of ether oxygens (including phenoxy) is 7. The minimum absolute atomic E-state index is 0.0933. The van der Waals surface area contributed by atoms with Crippen LogP contribution in [0.15, 0.2) is 30.3 Å². The Balaban J connectivity index is 1.49. The number of carbonyl (C=O) groups excluding carboxylic acids is 1. The number of rotatable bonds is 7. The average Bonchev–Trinajstić information content (AvgIpc) is 3.45. The summed E-state index contributed by atoms with van der Waals surface area (Å²) >= 11 is 0. The van der Waals surface area contributed by atoms with E-state index < -0.39 is 34.9 Å². The zero-order valence-electron chi connectivity index (χ0n) is 23.1. The minimum Gasteiger partial charge on any atom is -0.504 e. The normalized spacial score (nSPS) is 34.3. The van der Waals surface area contributed by atoms with E-state index in [2.05, 4.69) is 11.9 Å². The summed E-state index contributed by atoms with van der Waals surface area (Å²) in [6, 6.07) is 8.62. The van der Waals surface area contributed by atoms with Gasteiger partial charge in [0.2, 0.25) is 5.79 Å². The van der Waals surface area contributed by atoms with Crippen molar-refractivity contribution in [3.8, 4) is 23.0 Å². The third-order valence-corrected chi connectivity index (χ3v) is 9.61. The molecule has 2 heterocycles. The van der Waals surface area contributed by atoms with Gasteiger partial charge in [-0.25, -0.2) is 4.79 Å². The summed E-state index contributed by atoms with van der Waals surface area (Å²) in [5.41, 5.74) is 0.677. The van der Waals surface area contributed by atoms with Crippen molar-refractivity contribution in [1.82, 2.24) is 4.90 Å². The van der Waals surface area contributed by atoms with Gasteiger partial charge in [0.15, 0.2) is 23.0 Å². The lowest BCUT2D eigenvalue weighted by molar-refractivity contribution is -0.338. The van der Waals surface area contributed by atoms with Crippen molar-refractivity contribution in [3.05, 3.63) is 47.0 Å². The minimum atomic E-state index is -1.27. The monoisotopic (exact) mass is 541 g/mol. The number of benzene rings is 2. The molecule has 0 aromatic heterocycles. The second-order valence-corrected chi connectivity index (χ2v) is 10.8. The first-order valence-corrected chi connectivity index (χ1v) is 13.1. The van der Waals surface area contributed by atoms with Gasteiger partial charge in [-0.3, -0.25) is 4.90 Å². The zero-order chi connectivity index (χ0) is 27.7. The van der Waals surface area contributed by atoms with E-state index in [0.717, 1.165) is 17.7 Å². The molecule has 39 heavy (non-hydrogen) atoms. The molecule has 2 saturated heterocycles. The molecule has 10 nitrogen and oxygen atoms in total. The van der Waals surface area contributed by atoms with E-state index in [0.29, 0.717) is 42.1 Å². The maximum absolute atomic E-state index is 13.6. The largest absolute Gasteiger partial charge is 0.504 e. The predicted octanol–water partition coefficient (Wildman–Crippen LogP) is 3.19. The molecule has 4 aliphatic rings. The number of phenols is 1. The number of nitrogens with zero attached hydrogens (tertiary/aromatic N) is 1. The van der Waals surface area contributed by atoms with Crippen LogP contribution in [0.5, 0.6) is 23.0 Å². The maximum Gasteiger partial charge on any atom is 0.338 e. The van der Waals surface area contributed by atoms with Crippen molar-refractivity contribution >= 4 is 5.97 Å². The van der Waals surface area contributed by atoms with E-state index in [1.807, 2.05) is 6.07 Å². The van der Waals surface area contributed by atoms with Crippen LogP contribution in [0.2, 0.25) is 0 Å². The molecule has 1 spiro atoms. The second-order valence-electron chi connectivity index (χ2n) is 10.8. The summed E-state index contributed by atoms with van der Waals surface area (Å²) in [6.45, 7) is 0.740. The fraction of sp³-hybridized carbons (Fsp3) is 0.552. The molecule has 2 aliphatic heterocycles. The summed E-state index contributed by atoms with van der Waals surface area (Å²) < 4.78 is 41.7. The quantitative estimate of drug-likeness (QED) is 0.526. The first-order valence-electron chi connectivity index (χ1n) is 13.1. The Kier molecular flexibility index (Phi) is 6.03. The fourth-order valence-electron chi connectivity index (χ4n) is 8.15. The molecule has 2 aliphatic carbocycles. The van der Waals surface area contributed by atoms with Gasteiger partial charge in [-0.2, -0.15) is 0 Å². The SMILES string of the molecule is COc1ccc(C(=O)O[C@H]2C[C@]34CCN(C)[C@@]35C[C@H](O[C@@]5(OC)[C@H]2OC)c2ccc(OC)c(O)c24)cc1OC. The summed E-state index contributed by atoms with van der Waals surface area (Å²) in [7, 11) is 9.85. The fourth-order valence-corrected chi connectivity index (χ4v) is 8.15. The summed E-state index contributed by atoms with van der Waals surface area (Å²) in [4.78, 5) is 15.8. The molecule has 0 radical (unpaired) electrons. The molecule has 1 N–H and O–H groups in total. The molecule has 2 aromatic carbocycles. The van der Waals surface area contributed by atoms with Gasteiger partial charge in [0.1, 0.15) is 12.2 Å². The molecule has 2 aromatic rings. The predicted molar refractivity (Wildman–Crippen MR) is 139 cm³/mol. The number of hydrogen-bond donors (Lipinski definition) is 1. The van der Waals surface area contributed by atoms with E-state index in [1.165, 1.54) is 14.2 Å². The molecule has 0 unspecified atom stereocenters. The van der Waals surface area contributed by atoms with E-state index in [-0.39, 0.29) is 11.9 Å². The first kappa shape index (κ1) is 26.2. The number of methoxy groups -OCH3 is 5. The summed E-state index contributed by atoms with van der Waals surface area (Å²) in [5.74, 6) is -0.384. The van der Waals surface area contributed by atoms with Crippen molar-refractivity contribution in [3.63, 3.8) is 0 Å². The van der Waals surface area contributed by atoms with Crippen LogP contribution in [0.25, 0.3) is 0 Å². The molecule has 10 heteroatoms. The van der Waals surface area contributed by atoms with Gasteiger partial charge in [-0.15, -0.1) is 0 Å². The van der Waals surface area contributed by atoms with Crippen LogP contribution in [0.3, 0.4) is 0 Å². The Morgan fingerprint density at radius 1 is 1.00 bits per heavy atom. The second kappa shape index (κ2) is 8.99. The van der Waals surface area contributed by atoms with Crippen LogP contribution >= 0.6 is 0 Å². The van der Waals surface area contributed by atoms with Gasteiger partial charge in [-0.05, 0) is 56.3 Å². The number of likely N-dealkylation sites (N-methyl/N-ethyl adjacent to an activating group) is 1. The lowest BCUT2D eigenvalue weighted by Gasteiger charge is -2.61. The molecular formula is C29H35NO9. The lowest BCUT2D eigenvalue weighted by Crippen LogP contribution is -2.77. The smallest absolute Gasteiger partial charge is 0.338 e. The highest BCUT2D eigenvalue weighted by atomic mass is 16.7. The third kappa shape index (κ3) is 3.08. The molecule has 0 amide bonds. The summed E-state index contributed by atoms with van der Waals surface area (Å²) in [6.07, 6.45) is -0.0486. The number of carbonyl (C=O) groups is 1. The molecule has 6 atom stereocenters. The number of phenolic OH excluding ortho intramolecular Hbond substituents is 1. The number of likely N-dealkylation sites (tertiary alicyclic amines) is 1. The number of aromatic hydroxyl groups is 1. The molecule has 3 fully saturated rings. The Morgan fingerprint density at radius 3 is 2.38 bits per heavy atom. The van der Waals surface area contributed by atoms with Crippen LogP contribution in [-0.2, 0) is 24.4 Å². The van der Waals surface area contributed by atoms with E-state index >= 15 is 0 Å². The highest BCUT2D eigenvalue weighted by molar-refractivity contribution is 5.90. The van der Waals surface area contributed by atoms with Gasteiger partial charge < -0.3 is 38.3 Å². The Morgan fingerprint density at radius 2 is 1.72 bits per heavy atom. The van der Waals surface area contributed by atoms with Crippen molar-refractivity contribution in [2.24, 2.45) is 0 Å².